The summed E-state index contributed by atoms with van der Waals surface area (Å²) < 4.78 is 65.5. The number of nitrogens with zero attached hydrogens (tertiary/aromatic N) is 1. The van der Waals surface area contributed by atoms with Crippen molar-refractivity contribution in [1.29, 1.82) is 0 Å². The van der Waals surface area contributed by atoms with Gasteiger partial charge in [-0.2, -0.15) is 0 Å². The smallest absolute Gasteiger partial charge is 0.406 e. The van der Waals surface area contributed by atoms with E-state index in [1.807, 2.05) is 0 Å². The van der Waals surface area contributed by atoms with Crippen molar-refractivity contribution < 1.29 is 26.7 Å². The predicted molar refractivity (Wildman–Crippen MR) is 68.5 cm³/mol. The van der Waals surface area contributed by atoms with Crippen LogP contribution in [0.1, 0.15) is 5.82 Å². The predicted octanol–water partition coefficient (Wildman–Crippen LogP) is 3.07. The van der Waals surface area contributed by atoms with Crippen molar-refractivity contribution in [2.24, 2.45) is 5.73 Å². The summed E-state index contributed by atoms with van der Waals surface area (Å²) in [5.41, 5.74) is 4.48. The van der Waals surface area contributed by atoms with Crippen LogP contribution in [0.3, 0.4) is 0 Å². The first-order valence-corrected chi connectivity index (χ1v) is 6.10. The van der Waals surface area contributed by atoms with Gasteiger partial charge in [0.25, 0.3) is 0 Å². The fourth-order valence-corrected chi connectivity index (χ4v) is 1.72. The molecule has 0 radical (unpaired) electrons. The van der Waals surface area contributed by atoms with Crippen LogP contribution in [0.15, 0.2) is 30.5 Å². The van der Waals surface area contributed by atoms with E-state index in [-0.39, 0.29) is 11.6 Å². The summed E-state index contributed by atoms with van der Waals surface area (Å²) in [5, 5.41) is 0. The molecule has 2 rings (SSSR count). The molecule has 0 saturated heterocycles. The maximum atomic E-state index is 12.8. The number of H-pyrrole nitrogens is 1. The average molecular weight is 321 g/mol. The largest absolute Gasteiger partial charge is 0.573 e. The Balaban J connectivity index is 2.21. The second kappa shape index (κ2) is 5.91. The van der Waals surface area contributed by atoms with Gasteiger partial charge in [0, 0.05) is 0 Å². The molecule has 120 valence electrons. The Morgan fingerprint density at radius 1 is 1.09 bits per heavy atom. The number of nitrogens with two attached hydrogens (primary N) is 1. The lowest BCUT2D eigenvalue weighted by atomic mass is 10.1. The van der Waals surface area contributed by atoms with Gasteiger partial charge in [0.2, 0.25) is 0 Å². The molecule has 3 N–H and O–H groups in total. The van der Waals surface area contributed by atoms with Crippen LogP contribution in [0.5, 0.6) is 5.75 Å². The Morgan fingerprint density at radius 2 is 1.68 bits per heavy atom. The van der Waals surface area contributed by atoms with E-state index in [0.29, 0.717) is 11.3 Å². The molecule has 1 heterocycles. The molecule has 0 atom stereocenters. The Labute approximate surface area is 122 Å². The fourth-order valence-electron chi connectivity index (χ4n) is 1.72. The summed E-state index contributed by atoms with van der Waals surface area (Å²) in [4.78, 5) is 6.48. The third-order valence-corrected chi connectivity index (χ3v) is 2.92. The van der Waals surface area contributed by atoms with Gasteiger partial charge in [0.05, 0.1) is 11.9 Å². The minimum atomic E-state index is -4.77. The summed E-state index contributed by atoms with van der Waals surface area (Å²) in [5.74, 6) is -0.459. The van der Waals surface area contributed by atoms with Gasteiger partial charge in [-0.15, -0.1) is 13.2 Å². The van der Waals surface area contributed by atoms with Crippen LogP contribution < -0.4 is 10.5 Å². The number of aromatic nitrogens is 2. The summed E-state index contributed by atoms with van der Waals surface area (Å²) >= 11 is 0. The number of benzene rings is 1. The molecular weight excluding hydrogens is 309 g/mol. The molecule has 2 aromatic rings. The number of hydrogen-bond donors (Lipinski definition) is 2. The second-order valence-electron chi connectivity index (χ2n) is 4.64. The van der Waals surface area contributed by atoms with E-state index in [2.05, 4.69) is 14.7 Å². The zero-order chi connectivity index (χ0) is 16.4. The molecule has 9 heteroatoms. The molecule has 0 saturated carbocycles. The van der Waals surface area contributed by atoms with Gasteiger partial charge >= 0.3 is 6.36 Å². The third kappa shape index (κ3) is 3.53. The normalized spacial score (nSPS) is 12.5. The van der Waals surface area contributed by atoms with Crippen LogP contribution in [0.4, 0.5) is 22.0 Å². The van der Waals surface area contributed by atoms with Crippen LogP contribution in [-0.4, -0.2) is 29.7 Å². The molecule has 0 fully saturated rings. The van der Waals surface area contributed by atoms with Crippen LogP contribution in [0, 0.1) is 0 Å². The minimum absolute atomic E-state index is 0.0804. The van der Waals surface area contributed by atoms with E-state index in [1.165, 1.54) is 18.3 Å². The summed E-state index contributed by atoms with van der Waals surface area (Å²) in [6.07, 6.45) is -3.48. The molecule has 4 nitrogen and oxygen atoms in total. The number of imidazole rings is 1. The molecule has 0 bridgehead atoms. The lowest BCUT2D eigenvalue weighted by Gasteiger charge is -2.19. The molecule has 1 aromatic carbocycles. The van der Waals surface area contributed by atoms with Gasteiger partial charge in [-0.05, 0) is 29.8 Å². The first-order valence-electron chi connectivity index (χ1n) is 6.10. The molecule has 0 unspecified atom stereocenters. The average Bonchev–Trinajstić information content (AvgIpc) is 2.96. The highest BCUT2D eigenvalue weighted by Crippen LogP contribution is 2.27. The van der Waals surface area contributed by atoms with Gasteiger partial charge in [-0.3, -0.25) is 0 Å². The van der Waals surface area contributed by atoms with Crippen molar-refractivity contribution >= 4 is 0 Å². The van der Waals surface area contributed by atoms with Crippen LogP contribution in [-0.2, 0) is 5.54 Å². The minimum Gasteiger partial charge on any atom is -0.406 e. The van der Waals surface area contributed by atoms with Crippen molar-refractivity contribution in [1.82, 2.24) is 9.97 Å². The number of rotatable bonds is 5. The first kappa shape index (κ1) is 16.2. The van der Waals surface area contributed by atoms with Crippen molar-refractivity contribution in [3.8, 4) is 17.0 Å². The standard InChI is InChI=1S/C13H12F5N3O/c14-6-12(19,7-15)11-20-5-10(21-11)8-1-3-9(4-2-8)22-13(16,17)18/h1-5H,6-7,19H2,(H,20,21). The maximum absolute atomic E-state index is 12.8. The lowest BCUT2D eigenvalue weighted by molar-refractivity contribution is -0.274. The van der Waals surface area contributed by atoms with Crippen LogP contribution >= 0.6 is 0 Å². The quantitative estimate of drug-likeness (QED) is 0.832. The zero-order valence-electron chi connectivity index (χ0n) is 11.1. The first-order chi connectivity index (χ1) is 10.3. The Kier molecular flexibility index (Phi) is 4.36. The summed E-state index contributed by atoms with van der Waals surface area (Å²) in [6, 6.07) is 4.93. The number of alkyl halides is 5. The monoisotopic (exact) mass is 321 g/mol. The highest BCUT2D eigenvalue weighted by Gasteiger charge is 2.32. The zero-order valence-corrected chi connectivity index (χ0v) is 11.1. The van der Waals surface area contributed by atoms with Gasteiger partial charge in [-0.25, -0.2) is 13.8 Å². The number of ether oxygens (including phenoxy) is 1. The van der Waals surface area contributed by atoms with Crippen LogP contribution in [0.25, 0.3) is 11.3 Å². The van der Waals surface area contributed by atoms with E-state index in [1.54, 1.807) is 0 Å². The highest BCUT2D eigenvalue weighted by molar-refractivity contribution is 5.59. The third-order valence-electron chi connectivity index (χ3n) is 2.92. The topological polar surface area (TPSA) is 63.9 Å². The van der Waals surface area contributed by atoms with Gasteiger partial charge in [0.15, 0.2) is 0 Å². The van der Waals surface area contributed by atoms with E-state index in [9.17, 15) is 22.0 Å². The van der Waals surface area contributed by atoms with Crippen molar-refractivity contribution in [3.63, 3.8) is 0 Å². The number of halogens is 5. The Bertz CT molecular complexity index is 619. The van der Waals surface area contributed by atoms with E-state index < -0.39 is 25.3 Å². The maximum Gasteiger partial charge on any atom is 0.573 e. The van der Waals surface area contributed by atoms with E-state index >= 15 is 0 Å². The molecule has 1 aromatic heterocycles. The molecule has 0 aliphatic carbocycles. The molecule has 0 aliphatic rings. The Morgan fingerprint density at radius 3 is 2.18 bits per heavy atom. The fraction of sp³-hybridized carbons (Fsp3) is 0.308. The van der Waals surface area contributed by atoms with Gasteiger partial charge < -0.3 is 15.5 Å². The van der Waals surface area contributed by atoms with Gasteiger partial charge in [-0.1, -0.05) is 0 Å². The van der Waals surface area contributed by atoms with Crippen LogP contribution in [0.2, 0.25) is 0 Å². The van der Waals surface area contributed by atoms with Crippen molar-refractivity contribution in [2.75, 3.05) is 13.3 Å². The lowest BCUT2D eigenvalue weighted by Crippen LogP contribution is -2.42. The van der Waals surface area contributed by atoms with E-state index in [0.717, 1.165) is 12.1 Å². The SMILES string of the molecule is NC(CF)(CF)c1ncc(-c2ccc(OC(F)(F)F)cc2)[nH]1. The molecule has 0 aliphatic heterocycles. The molecule has 0 spiro atoms. The number of aromatic amines is 1. The van der Waals surface area contributed by atoms with Crippen molar-refractivity contribution in [3.05, 3.63) is 36.3 Å². The van der Waals surface area contributed by atoms with E-state index in [4.69, 9.17) is 5.73 Å². The highest BCUT2D eigenvalue weighted by atomic mass is 19.4. The second-order valence-corrected chi connectivity index (χ2v) is 4.64. The molecule has 22 heavy (non-hydrogen) atoms. The summed E-state index contributed by atoms with van der Waals surface area (Å²) in [7, 11) is 0. The molecular formula is C13H12F5N3O. The summed E-state index contributed by atoms with van der Waals surface area (Å²) in [6.45, 7) is -2.29. The van der Waals surface area contributed by atoms with Gasteiger partial charge in [0.1, 0.15) is 30.5 Å². The molecule has 0 amide bonds. The number of hydrogen-bond acceptors (Lipinski definition) is 3. The van der Waals surface area contributed by atoms with Crippen molar-refractivity contribution in [2.45, 2.75) is 11.9 Å². The Hall–Kier alpha value is -2.16. The number of nitrogens with one attached hydrogen (secondary N) is 1.